The van der Waals surface area contributed by atoms with Crippen molar-refractivity contribution in [3.05, 3.63) is 77.9 Å². The standard InChI is InChI=1S/C26H27FN6O7S/c27-20-14-17(4-7-21(20)33-12-8-18(9-13-33)32-25-29-10-1-11-30-25)22(34)31-15-26(28,24(37)38)41(39,40)19-5-2-16(3-6-19)23(35)36/h1-7,10-11,14,18H,8-9,12-13,15,28H2,(H,31,34)(H,35,36)(H,37,38)(H,29,30,32)/t26-/m0/s1. The van der Waals surface area contributed by atoms with Gasteiger partial charge >= 0.3 is 11.9 Å². The molecule has 1 aliphatic heterocycles. The Morgan fingerprint density at radius 2 is 1.63 bits per heavy atom. The van der Waals surface area contributed by atoms with Crippen LogP contribution >= 0.6 is 0 Å². The predicted molar refractivity (Wildman–Crippen MR) is 145 cm³/mol. The zero-order valence-corrected chi connectivity index (χ0v) is 22.3. The third-order valence-corrected chi connectivity index (χ3v) is 8.88. The molecule has 41 heavy (non-hydrogen) atoms. The van der Waals surface area contributed by atoms with Crippen LogP contribution in [0.4, 0.5) is 16.0 Å². The molecule has 0 saturated carbocycles. The van der Waals surface area contributed by atoms with Crippen molar-refractivity contribution in [3.8, 4) is 0 Å². The molecule has 4 rings (SSSR count). The molecule has 1 saturated heterocycles. The van der Waals surface area contributed by atoms with Crippen LogP contribution in [0, 0.1) is 5.82 Å². The smallest absolute Gasteiger partial charge is 0.341 e. The Bertz CT molecular complexity index is 1550. The van der Waals surface area contributed by atoms with E-state index >= 15 is 4.39 Å². The van der Waals surface area contributed by atoms with Gasteiger partial charge in [-0.15, -0.1) is 0 Å². The van der Waals surface area contributed by atoms with Crippen molar-refractivity contribution in [1.82, 2.24) is 15.3 Å². The van der Waals surface area contributed by atoms with Crippen LogP contribution in [-0.2, 0) is 14.6 Å². The second kappa shape index (κ2) is 11.9. The first-order valence-electron chi connectivity index (χ1n) is 12.4. The number of rotatable bonds is 10. The fourth-order valence-electron chi connectivity index (χ4n) is 4.31. The molecule has 1 amide bonds. The number of nitrogens with zero attached hydrogens (tertiary/aromatic N) is 3. The highest BCUT2D eigenvalue weighted by Gasteiger charge is 2.49. The minimum absolute atomic E-state index is 0.110. The largest absolute Gasteiger partial charge is 0.479 e. The lowest BCUT2D eigenvalue weighted by Gasteiger charge is -2.34. The molecule has 1 fully saturated rings. The molecule has 13 nitrogen and oxygen atoms in total. The SMILES string of the molecule is N[C@](CNC(=O)c1ccc(N2CCC(Nc3ncccn3)CC2)c(F)c1)(C(=O)O)S(=O)(=O)c1ccc(C(=O)O)cc1. The Kier molecular flexibility index (Phi) is 8.49. The summed E-state index contributed by atoms with van der Waals surface area (Å²) in [5, 5.41) is 24.1. The molecule has 1 aromatic heterocycles. The molecule has 0 aliphatic carbocycles. The maximum atomic E-state index is 15.0. The maximum absolute atomic E-state index is 15.0. The van der Waals surface area contributed by atoms with Crippen LogP contribution in [0.3, 0.4) is 0 Å². The summed E-state index contributed by atoms with van der Waals surface area (Å²) in [7, 11) is -4.80. The van der Waals surface area contributed by atoms with Gasteiger partial charge in [-0.1, -0.05) is 0 Å². The molecule has 2 aromatic carbocycles. The summed E-state index contributed by atoms with van der Waals surface area (Å²) in [5.74, 6) is -4.36. The summed E-state index contributed by atoms with van der Waals surface area (Å²) in [5.41, 5.74) is 5.67. The van der Waals surface area contributed by atoms with Gasteiger partial charge in [-0.2, -0.15) is 0 Å². The Morgan fingerprint density at radius 3 is 2.20 bits per heavy atom. The molecule has 6 N–H and O–H groups in total. The van der Waals surface area contributed by atoms with E-state index in [0.717, 1.165) is 30.3 Å². The number of amides is 1. The number of anilines is 2. The number of nitrogens with two attached hydrogens (primary N) is 1. The average Bonchev–Trinajstić information content (AvgIpc) is 2.96. The topological polar surface area (TPSA) is 205 Å². The third-order valence-electron chi connectivity index (χ3n) is 6.71. The van der Waals surface area contributed by atoms with E-state index in [0.29, 0.717) is 31.9 Å². The quantitative estimate of drug-likeness (QED) is 0.228. The van der Waals surface area contributed by atoms with Gasteiger partial charge < -0.3 is 31.5 Å². The van der Waals surface area contributed by atoms with Crippen LogP contribution in [0.5, 0.6) is 0 Å². The zero-order chi connectivity index (χ0) is 29.8. The van der Waals surface area contributed by atoms with E-state index in [1.807, 2.05) is 4.90 Å². The molecular weight excluding hydrogens is 559 g/mol. The summed E-state index contributed by atoms with van der Waals surface area (Å²) < 4.78 is 41.1. The first-order valence-corrected chi connectivity index (χ1v) is 13.9. The number of hydrogen-bond acceptors (Lipinski definition) is 10. The first kappa shape index (κ1) is 29.4. The lowest BCUT2D eigenvalue weighted by molar-refractivity contribution is -0.139. The average molecular weight is 587 g/mol. The lowest BCUT2D eigenvalue weighted by atomic mass is 10.0. The van der Waals surface area contributed by atoms with Crippen molar-refractivity contribution in [3.63, 3.8) is 0 Å². The van der Waals surface area contributed by atoms with E-state index in [-0.39, 0.29) is 22.9 Å². The Morgan fingerprint density at radius 1 is 1.02 bits per heavy atom. The van der Waals surface area contributed by atoms with Gasteiger partial charge in [-0.25, -0.2) is 32.4 Å². The van der Waals surface area contributed by atoms with Gasteiger partial charge in [0.15, 0.2) is 0 Å². The normalized spacial score (nSPS) is 15.5. The van der Waals surface area contributed by atoms with E-state index < -0.39 is 49.8 Å². The molecule has 1 atom stereocenters. The van der Waals surface area contributed by atoms with Crippen LogP contribution in [0.1, 0.15) is 33.6 Å². The van der Waals surface area contributed by atoms with Crippen LogP contribution in [0.2, 0.25) is 0 Å². The monoisotopic (exact) mass is 586 g/mol. The maximum Gasteiger partial charge on any atom is 0.341 e. The van der Waals surface area contributed by atoms with Crippen LogP contribution < -0.4 is 21.3 Å². The van der Waals surface area contributed by atoms with E-state index in [1.165, 1.54) is 12.1 Å². The molecule has 216 valence electrons. The predicted octanol–water partition coefficient (Wildman–Crippen LogP) is 1.34. The van der Waals surface area contributed by atoms with Crippen molar-refractivity contribution >= 4 is 39.3 Å². The van der Waals surface area contributed by atoms with E-state index in [4.69, 9.17) is 10.8 Å². The molecule has 2 heterocycles. The number of halogens is 1. The Hall–Kier alpha value is -4.63. The van der Waals surface area contributed by atoms with Crippen molar-refractivity contribution in [2.75, 3.05) is 29.9 Å². The summed E-state index contributed by atoms with van der Waals surface area (Å²) in [6.45, 7) is 0.0261. The van der Waals surface area contributed by atoms with Gasteiger partial charge in [-0.3, -0.25) is 4.79 Å². The minimum Gasteiger partial charge on any atom is -0.479 e. The van der Waals surface area contributed by atoms with Crippen LogP contribution in [0.25, 0.3) is 0 Å². The minimum atomic E-state index is -4.80. The van der Waals surface area contributed by atoms with Gasteiger partial charge in [0.25, 0.3) is 5.91 Å². The number of carboxylic acid groups (broad SMARTS) is 2. The molecule has 0 spiro atoms. The summed E-state index contributed by atoms with van der Waals surface area (Å²) in [6, 6.07) is 9.35. The fraction of sp³-hybridized carbons (Fsp3) is 0.269. The molecule has 0 unspecified atom stereocenters. The summed E-state index contributed by atoms with van der Waals surface area (Å²) in [4.78, 5) is 42.3. The van der Waals surface area contributed by atoms with E-state index in [9.17, 15) is 27.9 Å². The van der Waals surface area contributed by atoms with Gasteiger partial charge in [0.2, 0.25) is 20.7 Å². The number of carboxylic acids is 2. The molecule has 1 aliphatic rings. The zero-order valence-electron chi connectivity index (χ0n) is 21.5. The molecule has 15 heteroatoms. The first-order chi connectivity index (χ1) is 19.4. The highest BCUT2D eigenvalue weighted by Crippen LogP contribution is 2.26. The number of aromatic nitrogens is 2. The van der Waals surface area contributed by atoms with E-state index in [2.05, 4.69) is 20.6 Å². The second-order valence-corrected chi connectivity index (χ2v) is 11.6. The summed E-state index contributed by atoms with van der Waals surface area (Å²) in [6.07, 6.45) is 4.66. The number of benzene rings is 2. The van der Waals surface area contributed by atoms with Crippen molar-refractivity contribution in [1.29, 1.82) is 0 Å². The van der Waals surface area contributed by atoms with Gasteiger partial charge in [0.1, 0.15) is 5.82 Å². The fourth-order valence-corrected chi connectivity index (χ4v) is 5.72. The van der Waals surface area contributed by atoms with Crippen molar-refractivity contribution in [2.24, 2.45) is 5.73 Å². The summed E-state index contributed by atoms with van der Waals surface area (Å²) >= 11 is 0. The number of hydrogen-bond donors (Lipinski definition) is 5. The van der Waals surface area contributed by atoms with Crippen LogP contribution in [-0.4, -0.2) is 77.0 Å². The van der Waals surface area contributed by atoms with Crippen LogP contribution in [0.15, 0.2) is 65.8 Å². The number of nitrogens with one attached hydrogen (secondary N) is 2. The number of aromatic carboxylic acids is 1. The molecule has 0 bridgehead atoms. The molecule has 0 radical (unpaired) electrons. The number of piperidine rings is 1. The highest BCUT2D eigenvalue weighted by atomic mass is 32.2. The number of carbonyl (C=O) groups is 3. The van der Waals surface area contributed by atoms with Gasteiger partial charge in [0.05, 0.1) is 22.7 Å². The van der Waals surface area contributed by atoms with Crippen molar-refractivity contribution < 1.29 is 37.4 Å². The second-order valence-electron chi connectivity index (χ2n) is 9.35. The van der Waals surface area contributed by atoms with Gasteiger partial charge in [-0.05, 0) is 61.4 Å². The number of sulfone groups is 1. The Balaban J connectivity index is 1.41. The molecular formula is C26H27FN6O7S. The third kappa shape index (κ3) is 6.25. The highest BCUT2D eigenvalue weighted by molar-refractivity contribution is 7.93. The van der Waals surface area contributed by atoms with E-state index in [1.54, 1.807) is 18.5 Å². The molecule has 3 aromatic rings. The number of aliphatic carboxylic acids is 1. The number of carbonyl (C=O) groups excluding carboxylic acids is 1. The van der Waals surface area contributed by atoms with Crippen molar-refractivity contribution in [2.45, 2.75) is 28.6 Å². The Labute approximate surface area is 234 Å². The lowest BCUT2D eigenvalue weighted by Crippen LogP contribution is -2.61. The van der Waals surface area contributed by atoms with Gasteiger partial charge in [0, 0.05) is 37.1 Å².